The van der Waals surface area contributed by atoms with Crippen molar-refractivity contribution in [2.75, 3.05) is 13.1 Å². The van der Waals surface area contributed by atoms with Crippen molar-refractivity contribution in [2.45, 2.75) is 31.8 Å². The van der Waals surface area contributed by atoms with E-state index in [1.807, 2.05) is 6.92 Å². The van der Waals surface area contributed by atoms with Crippen molar-refractivity contribution in [3.05, 3.63) is 35.4 Å². The molecule has 1 saturated heterocycles. The molecule has 0 aliphatic carbocycles. The quantitative estimate of drug-likeness (QED) is 0.814. The van der Waals surface area contributed by atoms with Crippen molar-refractivity contribution in [3.63, 3.8) is 0 Å². The van der Waals surface area contributed by atoms with E-state index < -0.39 is 5.60 Å². The molecule has 5 heteroatoms. The SMILES string of the molecule is CC1(O)CCCN(C(=O)c2cccc(C(N)=S)c2)CC1. The maximum Gasteiger partial charge on any atom is 0.253 e. The predicted octanol–water partition coefficient (Wildman–Crippen LogP) is 1.70. The summed E-state index contributed by atoms with van der Waals surface area (Å²) in [6.45, 7) is 3.07. The summed E-state index contributed by atoms with van der Waals surface area (Å²) in [7, 11) is 0. The average molecular weight is 292 g/mol. The van der Waals surface area contributed by atoms with Crippen LogP contribution < -0.4 is 5.73 Å². The van der Waals surface area contributed by atoms with Crippen molar-refractivity contribution in [1.82, 2.24) is 4.90 Å². The van der Waals surface area contributed by atoms with Crippen LogP contribution in [0.1, 0.15) is 42.1 Å². The summed E-state index contributed by atoms with van der Waals surface area (Å²) in [5.74, 6) is -0.0270. The highest BCUT2D eigenvalue weighted by molar-refractivity contribution is 7.80. The number of nitrogens with zero attached hydrogens (tertiary/aromatic N) is 1. The Balaban J connectivity index is 2.15. The molecule has 1 aromatic rings. The highest BCUT2D eigenvalue weighted by Gasteiger charge is 2.27. The third-order valence-electron chi connectivity index (χ3n) is 3.74. The van der Waals surface area contributed by atoms with Gasteiger partial charge in [-0.3, -0.25) is 4.79 Å². The zero-order valence-corrected chi connectivity index (χ0v) is 12.4. The maximum atomic E-state index is 12.5. The van der Waals surface area contributed by atoms with E-state index >= 15 is 0 Å². The van der Waals surface area contributed by atoms with Gasteiger partial charge in [-0.15, -0.1) is 0 Å². The lowest BCUT2D eigenvalue weighted by Gasteiger charge is -2.22. The van der Waals surface area contributed by atoms with Gasteiger partial charge in [0.15, 0.2) is 0 Å². The monoisotopic (exact) mass is 292 g/mol. The number of thiocarbonyl (C=S) groups is 1. The van der Waals surface area contributed by atoms with Gasteiger partial charge in [0.2, 0.25) is 0 Å². The van der Waals surface area contributed by atoms with Gasteiger partial charge in [0, 0.05) is 24.2 Å². The number of carbonyl (C=O) groups excluding carboxylic acids is 1. The molecule has 2 rings (SSSR count). The molecule has 3 N–H and O–H groups in total. The highest BCUT2D eigenvalue weighted by Crippen LogP contribution is 2.22. The van der Waals surface area contributed by atoms with Crippen molar-refractivity contribution >= 4 is 23.1 Å². The van der Waals surface area contributed by atoms with Crippen molar-refractivity contribution in [2.24, 2.45) is 5.73 Å². The van der Waals surface area contributed by atoms with Gasteiger partial charge in [-0.2, -0.15) is 0 Å². The molecule has 0 radical (unpaired) electrons. The van der Waals surface area contributed by atoms with Crippen LogP contribution in [0, 0.1) is 0 Å². The molecule has 1 atom stereocenters. The van der Waals surface area contributed by atoms with Gasteiger partial charge in [-0.1, -0.05) is 24.4 Å². The molecule has 0 aromatic heterocycles. The summed E-state index contributed by atoms with van der Waals surface area (Å²) in [6, 6.07) is 7.09. The largest absolute Gasteiger partial charge is 0.390 e. The Labute approximate surface area is 124 Å². The van der Waals surface area contributed by atoms with E-state index in [1.54, 1.807) is 29.2 Å². The molecular weight excluding hydrogens is 272 g/mol. The van der Waals surface area contributed by atoms with E-state index in [1.165, 1.54) is 0 Å². The van der Waals surface area contributed by atoms with Crippen LogP contribution in [-0.4, -0.2) is 39.6 Å². The van der Waals surface area contributed by atoms with E-state index in [0.29, 0.717) is 35.6 Å². The van der Waals surface area contributed by atoms with Crippen molar-refractivity contribution in [3.8, 4) is 0 Å². The number of amides is 1. The lowest BCUT2D eigenvalue weighted by molar-refractivity contribution is 0.0438. The van der Waals surface area contributed by atoms with E-state index in [9.17, 15) is 9.90 Å². The van der Waals surface area contributed by atoms with E-state index in [4.69, 9.17) is 18.0 Å². The zero-order valence-electron chi connectivity index (χ0n) is 11.6. The smallest absolute Gasteiger partial charge is 0.253 e. The van der Waals surface area contributed by atoms with E-state index in [0.717, 1.165) is 12.8 Å². The Kier molecular flexibility index (Phi) is 4.40. The van der Waals surface area contributed by atoms with Crippen LogP contribution in [0.25, 0.3) is 0 Å². The molecule has 0 bridgehead atoms. The first-order valence-corrected chi connectivity index (χ1v) is 7.21. The number of rotatable bonds is 2. The summed E-state index contributed by atoms with van der Waals surface area (Å²) >= 11 is 4.94. The predicted molar refractivity (Wildman–Crippen MR) is 82.7 cm³/mol. The topological polar surface area (TPSA) is 66.6 Å². The second-order valence-corrected chi connectivity index (χ2v) is 6.03. The van der Waals surface area contributed by atoms with Crippen LogP contribution in [0.15, 0.2) is 24.3 Å². The molecule has 1 aliphatic heterocycles. The minimum absolute atomic E-state index is 0.0270. The van der Waals surface area contributed by atoms with Crippen LogP contribution in [0.4, 0.5) is 0 Å². The lowest BCUT2D eigenvalue weighted by atomic mass is 9.98. The number of nitrogens with two attached hydrogens (primary N) is 1. The standard InChI is InChI=1S/C15H20N2O2S/c1-15(19)6-3-8-17(9-7-15)14(18)12-5-2-4-11(10-12)13(16)20/h2,4-5,10,19H,3,6-9H2,1H3,(H2,16,20). The third kappa shape index (κ3) is 3.55. The minimum atomic E-state index is -0.671. The molecule has 1 aromatic carbocycles. The van der Waals surface area contributed by atoms with Crippen LogP contribution in [0.3, 0.4) is 0 Å². The van der Waals surface area contributed by atoms with Gasteiger partial charge in [-0.25, -0.2) is 0 Å². The lowest BCUT2D eigenvalue weighted by Crippen LogP contribution is -2.33. The van der Waals surface area contributed by atoms with Gasteiger partial charge < -0.3 is 15.7 Å². The van der Waals surface area contributed by atoms with Crippen LogP contribution in [0.5, 0.6) is 0 Å². The molecule has 1 unspecified atom stereocenters. The second kappa shape index (κ2) is 5.89. The molecule has 1 aliphatic rings. The number of likely N-dealkylation sites (tertiary alicyclic amines) is 1. The van der Waals surface area contributed by atoms with Gasteiger partial charge >= 0.3 is 0 Å². The molecule has 0 spiro atoms. The van der Waals surface area contributed by atoms with E-state index in [2.05, 4.69) is 0 Å². The Morgan fingerprint density at radius 2 is 2.05 bits per heavy atom. The minimum Gasteiger partial charge on any atom is -0.390 e. The Morgan fingerprint density at radius 3 is 2.75 bits per heavy atom. The molecule has 1 heterocycles. The van der Waals surface area contributed by atoms with Gasteiger partial charge in [-0.05, 0) is 38.3 Å². The summed E-state index contributed by atoms with van der Waals surface area (Å²) in [5.41, 5.74) is 6.22. The molecule has 1 fully saturated rings. The maximum absolute atomic E-state index is 12.5. The summed E-state index contributed by atoms with van der Waals surface area (Å²) in [4.78, 5) is 14.6. The fourth-order valence-corrected chi connectivity index (χ4v) is 2.58. The van der Waals surface area contributed by atoms with Gasteiger partial charge in [0.1, 0.15) is 4.99 Å². The molecule has 20 heavy (non-hydrogen) atoms. The summed E-state index contributed by atoms with van der Waals surface area (Å²) in [5, 5.41) is 10.1. The summed E-state index contributed by atoms with van der Waals surface area (Å²) < 4.78 is 0. The van der Waals surface area contributed by atoms with Crippen molar-refractivity contribution < 1.29 is 9.90 Å². The highest BCUT2D eigenvalue weighted by atomic mass is 32.1. The molecule has 0 saturated carbocycles. The van der Waals surface area contributed by atoms with Gasteiger partial charge in [0.05, 0.1) is 5.60 Å². The van der Waals surface area contributed by atoms with E-state index in [-0.39, 0.29) is 5.91 Å². The van der Waals surface area contributed by atoms with Crippen molar-refractivity contribution in [1.29, 1.82) is 0 Å². The summed E-state index contributed by atoms with van der Waals surface area (Å²) in [6.07, 6.45) is 2.14. The number of hydrogen-bond acceptors (Lipinski definition) is 3. The van der Waals surface area contributed by atoms with Crippen LogP contribution in [0.2, 0.25) is 0 Å². The number of carbonyl (C=O) groups is 1. The first kappa shape index (κ1) is 14.9. The fraction of sp³-hybridized carbons (Fsp3) is 0.467. The van der Waals surface area contributed by atoms with Crippen LogP contribution >= 0.6 is 12.2 Å². The fourth-order valence-electron chi connectivity index (χ4n) is 2.45. The third-order valence-corrected chi connectivity index (χ3v) is 3.98. The van der Waals surface area contributed by atoms with Crippen LogP contribution in [-0.2, 0) is 0 Å². The molecule has 4 nitrogen and oxygen atoms in total. The number of hydrogen-bond donors (Lipinski definition) is 2. The second-order valence-electron chi connectivity index (χ2n) is 5.59. The first-order valence-electron chi connectivity index (χ1n) is 6.81. The molecule has 1 amide bonds. The molecule has 108 valence electrons. The number of benzene rings is 1. The zero-order chi connectivity index (χ0) is 14.8. The Morgan fingerprint density at radius 1 is 1.35 bits per heavy atom. The Hall–Kier alpha value is -1.46. The normalized spacial score (nSPS) is 23.2. The Bertz CT molecular complexity index is 528. The van der Waals surface area contributed by atoms with Gasteiger partial charge in [0.25, 0.3) is 5.91 Å². The number of aliphatic hydroxyl groups is 1. The average Bonchev–Trinajstić information content (AvgIpc) is 2.59. The first-order chi connectivity index (χ1) is 9.39. The molecular formula is C15H20N2O2S.